The molecule has 0 aliphatic carbocycles. The molecule has 116 valence electrons. The van der Waals surface area contributed by atoms with Crippen molar-refractivity contribution in [1.82, 2.24) is 10.0 Å². The predicted molar refractivity (Wildman–Crippen MR) is 81.6 cm³/mol. The van der Waals surface area contributed by atoms with Gasteiger partial charge in [0.25, 0.3) is 0 Å². The average Bonchev–Trinajstić information content (AvgIpc) is 2.87. The van der Waals surface area contributed by atoms with E-state index < -0.39 is 10.0 Å². The van der Waals surface area contributed by atoms with Gasteiger partial charge >= 0.3 is 0 Å². The Morgan fingerprint density at radius 3 is 2.67 bits per heavy atom. The Hall–Kier alpha value is -1.44. The molecule has 1 aliphatic heterocycles. The molecule has 0 spiro atoms. The van der Waals surface area contributed by atoms with Gasteiger partial charge in [-0.1, -0.05) is 13.0 Å². The maximum absolute atomic E-state index is 12.2. The van der Waals surface area contributed by atoms with Crippen LogP contribution in [0.15, 0.2) is 23.1 Å². The number of anilines is 1. The number of carbonyl (C=O) groups is 1. The van der Waals surface area contributed by atoms with Crippen molar-refractivity contribution in [1.29, 1.82) is 0 Å². The monoisotopic (exact) mass is 311 g/mol. The summed E-state index contributed by atoms with van der Waals surface area (Å²) in [5.41, 5.74) is 1.12. The second-order valence-corrected chi connectivity index (χ2v) is 7.23. The molecule has 0 aromatic heterocycles. The Balaban J connectivity index is 2.22. The summed E-state index contributed by atoms with van der Waals surface area (Å²) in [6, 6.07) is 4.65. The van der Waals surface area contributed by atoms with Crippen LogP contribution in [0.25, 0.3) is 0 Å². The van der Waals surface area contributed by atoms with E-state index in [-0.39, 0.29) is 22.8 Å². The highest BCUT2D eigenvalue weighted by molar-refractivity contribution is 7.89. The van der Waals surface area contributed by atoms with E-state index in [1.807, 2.05) is 6.92 Å². The van der Waals surface area contributed by atoms with Crippen molar-refractivity contribution in [3.63, 3.8) is 0 Å². The first-order valence-electron chi connectivity index (χ1n) is 6.93. The van der Waals surface area contributed by atoms with E-state index in [4.69, 9.17) is 0 Å². The van der Waals surface area contributed by atoms with Crippen molar-refractivity contribution in [2.24, 2.45) is 5.92 Å². The third-order valence-electron chi connectivity index (χ3n) is 3.83. The van der Waals surface area contributed by atoms with Crippen LogP contribution < -0.4 is 15.4 Å². The highest BCUT2D eigenvalue weighted by Crippen LogP contribution is 2.21. The topological polar surface area (TPSA) is 87.3 Å². The molecule has 0 radical (unpaired) electrons. The van der Waals surface area contributed by atoms with Gasteiger partial charge in [-0.3, -0.25) is 4.79 Å². The van der Waals surface area contributed by atoms with Crippen molar-refractivity contribution in [2.75, 3.05) is 18.9 Å². The molecule has 1 aromatic rings. The minimum atomic E-state index is -3.53. The maximum Gasteiger partial charge on any atom is 0.241 e. The van der Waals surface area contributed by atoms with Crippen molar-refractivity contribution in [2.45, 2.75) is 31.2 Å². The largest absolute Gasteiger partial charge is 0.325 e. The van der Waals surface area contributed by atoms with E-state index in [1.165, 1.54) is 13.1 Å². The summed E-state index contributed by atoms with van der Waals surface area (Å²) in [6.45, 7) is 4.57. The van der Waals surface area contributed by atoms with Gasteiger partial charge in [-0.2, -0.15) is 0 Å². The maximum atomic E-state index is 12.2. The number of rotatable bonds is 4. The molecule has 21 heavy (non-hydrogen) atoms. The van der Waals surface area contributed by atoms with Crippen LogP contribution in [0.5, 0.6) is 0 Å². The Morgan fingerprint density at radius 1 is 1.38 bits per heavy atom. The summed E-state index contributed by atoms with van der Waals surface area (Å²) in [7, 11) is -2.17. The van der Waals surface area contributed by atoms with E-state index in [1.54, 1.807) is 19.1 Å². The second-order valence-electron chi connectivity index (χ2n) is 5.37. The molecule has 0 bridgehead atoms. The van der Waals surface area contributed by atoms with Crippen molar-refractivity contribution in [3.05, 3.63) is 23.8 Å². The molecule has 7 heteroatoms. The molecule has 1 aliphatic rings. The Bertz CT molecular complexity index is 643. The van der Waals surface area contributed by atoms with Crippen LogP contribution in [-0.4, -0.2) is 34.0 Å². The smallest absolute Gasteiger partial charge is 0.241 e. The normalized spacial score (nSPS) is 22.2. The second kappa shape index (κ2) is 6.13. The molecule has 1 saturated heterocycles. The zero-order valence-electron chi connectivity index (χ0n) is 12.4. The SMILES string of the molecule is CNS(=O)(=O)c1cc(NC(=O)C2NCCC2C)ccc1C. The number of benzene rings is 1. The molecule has 1 heterocycles. The lowest BCUT2D eigenvalue weighted by Gasteiger charge is -2.16. The quantitative estimate of drug-likeness (QED) is 0.769. The first kappa shape index (κ1) is 15.9. The molecular weight excluding hydrogens is 290 g/mol. The van der Waals surface area contributed by atoms with Gasteiger partial charge in [0, 0.05) is 5.69 Å². The lowest BCUT2D eigenvalue weighted by molar-refractivity contribution is -0.118. The first-order valence-corrected chi connectivity index (χ1v) is 8.42. The van der Waals surface area contributed by atoms with E-state index in [0.29, 0.717) is 11.3 Å². The number of aryl methyl sites for hydroxylation is 1. The lowest BCUT2D eigenvalue weighted by Crippen LogP contribution is -2.39. The molecule has 3 N–H and O–H groups in total. The standard InChI is InChI=1S/C14H21N3O3S/c1-9-4-5-11(8-12(9)21(19,20)15-3)17-14(18)13-10(2)6-7-16-13/h4-5,8,10,13,15-16H,6-7H2,1-3H3,(H,17,18). The highest BCUT2D eigenvalue weighted by Gasteiger charge is 2.29. The van der Waals surface area contributed by atoms with Crippen LogP contribution in [0.4, 0.5) is 5.69 Å². The molecule has 0 saturated carbocycles. The van der Waals surface area contributed by atoms with E-state index in [2.05, 4.69) is 15.4 Å². The van der Waals surface area contributed by atoms with Gasteiger partial charge < -0.3 is 10.6 Å². The van der Waals surface area contributed by atoms with Gasteiger partial charge in [0.1, 0.15) is 0 Å². The summed E-state index contributed by atoms with van der Waals surface area (Å²) in [5.74, 6) is 0.146. The molecule has 1 fully saturated rings. The number of nitrogens with one attached hydrogen (secondary N) is 3. The molecule has 2 atom stereocenters. The molecular formula is C14H21N3O3S. The zero-order valence-corrected chi connectivity index (χ0v) is 13.3. The Kier molecular flexibility index (Phi) is 4.65. The van der Waals surface area contributed by atoms with Gasteiger partial charge in [-0.15, -0.1) is 0 Å². The van der Waals surface area contributed by atoms with Crippen molar-refractivity contribution >= 4 is 21.6 Å². The van der Waals surface area contributed by atoms with Crippen molar-refractivity contribution in [3.8, 4) is 0 Å². The lowest BCUT2D eigenvalue weighted by atomic mass is 10.0. The van der Waals surface area contributed by atoms with E-state index >= 15 is 0 Å². The fourth-order valence-corrected chi connectivity index (χ4v) is 3.48. The number of amides is 1. The first-order chi connectivity index (χ1) is 9.85. The van der Waals surface area contributed by atoms with E-state index in [0.717, 1.165) is 13.0 Å². The van der Waals surface area contributed by atoms with Gasteiger partial charge in [-0.25, -0.2) is 13.1 Å². The molecule has 1 amide bonds. The minimum Gasteiger partial charge on any atom is -0.325 e. The van der Waals surface area contributed by atoms with Crippen LogP contribution in [0.2, 0.25) is 0 Å². The summed E-state index contributed by atoms with van der Waals surface area (Å²) in [4.78, 5) is 12.4. The molecule has 2 rings (SSSR count). The van der Waals surface area contributed by atoms with Crippen LogP contribution in [0.1, 0.15) is 18.9 Å². The van der Waals surface area contributed by atoms with Crippen LogP contribution in [-0.2, 0) is 14.8 Å². The molecule has 6 nitrogen and oxygen atoms in total. The number of carbonyl (C=O) groups excluding carboxylic acids is 1. The van der Waals surface area contributed by atoms with Gasteiger partial charge in [0.2, 0.25) is 15.9 Å². The summed E-state index contributed by atoms with van der Waals surface area (Å²) < 4.78 is 26.2. The van der Waals surface area contributed by atoms with E-state index in [9.17, 15) is 13.2 Å². The molecule has 2 unspecified atom stereocenters. The Labute approximate surface area is 125 Å². The summed E-state index contributed by atoms with van der Waals surface area (Å²) in [5, 5.41) is 5.94. The van der Waals surface area contributed by atoms with Gasteiger partial charge in [0.15, 0.2) is 0 Å². The Morgan fingerprint density at radius 2 is 2.10 bits per heavy atom. The summed E-state index contributed by atoms with van der Waals surface area (Å²) >= 11 is 0. The van der Waals surface area contributed by atoms with Crippen molar-refractivity contribution < 1.29 is 13.2 Å². The van der Waals surface area contributed by atoms with Gasteiger partial charge in [0.05, 0.1) is 10.9 Å². The fourth-order valence-electron chi connectivity index (χ4n) is 2.48. The highest BCUT2D eigenvalue weighted by atomic mass is 32.2. The van der Waals surface area contributed by atoms with Crippen LogP contribution in [0.3, 0.4) is 0 Å². The zero-order chi connectivity index (χ0) is 15.6. The molecule has 1 aromatic carbocycles. The number of hydrogen-bond acceptors (Lipinski definition) is 4. The van der Waals surface area contributed by atoms with Crippen LogP contribution >= 0.6 is 0 Å². The fraction of sp³-hybridized carbons (Fsp3) is 0.500. The third-order valence-corrected chi connectivity index (χ3v) is 5.39. The summed E-state index contributed by atoms with van der Waals surface area (Å²) in [6.07, 6.45) is 0.964. The van der Waals surface area contributed by atoms with Crippen LogP contribution in [0, 0.1) is 12.8 Å². The average molecular weight is 311 g/mol. The minimum absolute atomic E-state index is 0.128. The predicted octanol–water partition coefficient (Wildman–Crippen LogP) is 0.840. The number of hydrogen-bond donors (Lipinski definition) is 3. The third kappa shape index (κ3) is 3.42. The van der Waals surface area contributed by atoms with Gasteiger partial charge in [-0.05, 0) is 50.6 Å². The number of sulfonamides is 1.